The molecule has 0 atom stereocenters. The molecule has 0 aliphatic carbocycles. The summed E-state index contributed by atoms with van der Waals surface area (Å²) >= 11 is 6.20. The number of nitrogens with two attached hydrogens (primary N) is 1. The molecule has 4 amide bonds. The van der Waals surface area contributed by atoms with Gasteiger partial charge in [0.15, 0.2) is 0 Å². The minimum atomic E-state index is -0.247. The number of amides is 4. The van der Waals surface area contributed by atoms with E-state index in [4.69, 9.17) is 17.3 Å². The van der Waals surface area contributed by atoms with E-state index in [1.165, 1.54) is 0 Å². The van der Waals surface area contributed by atoms with E-state index in [0.29, 0.717) is 68.8 Å². The normalized spacial score (nSPS) is 10.9. The van der Waals surface area contributed by atoms with Crippen molar-refractivity contribution in [1.82, 2.24) is 133 Å². The van der Waals surface area contributed by atoms with Crippen LogP contribution in [-0.4, -0.2) is 157 Å². The van der Waals surface area contributed by atoms with E-state index in [0.717, 1.165) is 117 Å². The number of hydrogen-bond donors (Lipinski definition) is 5. The highest BCUT2D eigenvalue weighted by atomic mass is 35.5. The Morgan fingerprint density at radius 1 is 0.290 bits per heavy atom. The fourth-order valence-corrected chi connectivity index (χ4v) is 14.3. The molecule has 36 nitrogen and oxygen atoms in total. The standard InChI is InChI=1S/C24H20N8O.C24H19N7O.C23H17ClN8O.C23H19N9O/c1-15-11-17(5-7-26-15)23-19-6-10-32(24(19)30-16(2)29-23)14-22(33)31-21-4-3-18(12-28-21)20-13-25-8-9-27-20;1-16-10-17(4-6-26-16)20-11-18-5-9-31(24(18)29-13-20)15-23(32)30-22-3-2-19(12-28-22)21-14-25-7-8-27-21;2*1-14-10-15(4-6-26-14)21-17-5-9-32(22(17)31-23(24)30-21)13-20(33)29-19-3-2-16(11-28-19)18-12-25-7-8-27-18/h3-13H,14H2,1-2H3,(H,28,31,33);2-14H,15H2,1H3,(H,28,30,32);2-12H,13H2,1H3,(H,28,29,33);2-12H,13H2,1H3,(H2,24,30,31)(H,28,29,33). The molecule has 0 radical (unpaired) electrons. The lowest BCUT2D eigenvalue weighted by atomic mass is 10.1. The second kappa shape index (κ2) is 39.1. The molecule has 642 valence electrons. The largest absolute Gasteiger partial charge is 0.368 e. The van der Waals surface area contributed by atoms with Gasteiger partial charge in [-0.05, 0) is 179 Å². The van der Waals surface area contributed by atoms with Gasteiger partial charge in [-0.1, -0.05) is 0 Å². The molecule has 37 heteroatoms. The average Bonchev–Trinajstić information content (AvgIpc) is 1.66. The van der Waals surface area contributed by atoms with Gasteiger partial charge < -0.3 is 45.3 Å². The van der Waals surface area contributed by atoms with Crippen LogP contribution in [0.5, 0.6) is 0 Å². The Bertz CT molecular complexity index is 6990. The highest BCUT2D eigenvalue weighted by molar-refractivity contribution is 6.29. The van der Waals surface area contributed by atoms with Gasteiger partial charge in [0.2, 0.25) is 34.9 Å². The molecule has 0 aliphatic heterocycles. The SMILES string of the molecule is Cc1cc(-c2cnc3c(ccn3CC(=O)Nc3ccc(-c4cnccn4)cn3)c2)ccn1.Cc1cc(-c2nc(C)nc3c2ccn3CC(=O)Nc2ccc(-c3cnccn3)cn2)ccn1.Cc1cc(-c2nc(Cl)nc3c2ccn3CC(=O)Nc2ccc(-c3cnccn3)cn2)ccn1.Cc1cc(-c2nc(N)nc3c2ccn3CC(=O)Nc2ccc(-c3cnccn3)cn2)ccn1. The van der Waals surface area contributed by atoms with Crippen LogP contribution >= 0.6 is 11.6 Å². The molecular weight excluding hydrogens is 1680 g/mol. The van der Waals surface area contributed by atoms with Gasteiger partial charge in [0.25, 0.3) is 0 Å². The van der Waals surface area contributed by atoms with Crippen LogP contribution < -0.4 is 27.0 Å². The molecule has 0 aromatic carbocycles. The molecule has 0 fully saturated rings. The molecule has 0 aliphatic rings. The van der Waals surface area contributed by atoms with Crippen molar-refractivity contribution in [3.8, 4) is 89.9 Å². The number of aryl methyl sites for hydroxylation is 5. The fourth-order valence-electron chi connectivity index (χ4n) is 14.1. The third kappa shape index (κ3) is 20.9. The van der Waals surface area contributed by atoms with Crippen molar-refractivity contribution in [3.63, 3.8) is 0 Å². The van der Waals surface area contributed by atoms with Crippen molar-refractivity contribution in [2.24, 2.45) is 0 Å². The Morgan fingerprint density at radius 2 is 0.618 bits per heavy atom. The highest BCUT2D eigenvalue weighted by Gasteiger charge is 2.21. The van der Waals surface area contributed by atoms with Gasteiger partial charge in [0, 0.05) is 219 Å². The number of fused-ring (bicyclic) bond motifs is 4. The number of anilines is 5. The number of aromatic nitrogens is 27. The van der Waals surface area contributed by atoms with Gasteiger partial charge in [-0.2, -0.15) is 9.97 Å². The van der Waals surface area contributed by atoms with Gasteiger partial charge in [0.05, 0.1) is 64.6 Å². The summed E-state index contributed by atoms with van der Waals surface area (Å²) in [6.07, 6.45) is 42.3. The summed E-state index contributed by atoms with van der Waals surface area (Å²) in [5.74, 6) is 1.69. The predicted octanol–water partition coefficient (Wildman–Crippen LogP) is 14.3. The van der Waals surface area contributed by atoms with E-state index in [-0.39, 0.29) is 61.0 Å². The third-order valence-corrected chi connectivity index (χ3v) is 20.3. The lowest BCUT2D eigenvalue weighted by Crippen LogP contribution is -2.19. The molecule has 20 heterocycles. The zero-order chi connectivity index (χ0) is 90.3. The maximum atomic E-state index is 12.7. The molecule has 0 spiro atoms. The number of hydrogen-bond acceptors (Lipinski definition) is 28. The first-order valence-electron chi connectivity index (χ1n) is 40.6. The van der Waals surface area contributed by atoms with Crippen LogP contribution in [0.3, 0.4) is 0 Å². The van der Waals surface area contributed by atoms with Crippen molar-refractivity contribution in [1.29, 1.82) is 0 Å². The number of nitrogens with zero attached hydrogens (tertiary/aromatic N) is 27. The lowest BCUT2D eigenvalue weighted by molar-refractivity contribution is -0.117. The van der Waals surface area contributed by atoms with Crippen LogP contribution in [0.2, 0.25) is 5.28 Å². The molecule has 20 aromatic rings. The minimum absolute atomic E-state index is 0.0409. The summed E-state index contributed by atoms with van der Waals surface area (Å²) in [6, 6.07) is 39.5. The van der Waals surface area contributed by atoms with E-state index < -0.39 is 0 Å². The monoisotopic (exact) mass is 1750 g/mol. The molecule has 131 heavy (non-hydrogen) atoms. The van der Waals surface area contributed by atoms with E-state index in [1.807, 2.05) is 159 Å². The van der Waals surface area contributed by atoms with E-state index >= 15 is 0 Å². The number of carbonyl (C=O) groups is 4. The number of carbonyl (C=O) groups excluding carboxylic acids is 4. The molecule has 0 bridgehead atoms. The summed E-state index contributed by atoms with van der Waals surface area (Å²) < 4.78 is 7.09. The topological polar surface area (TPSA) is 459 Å². The summed E-state index contributed by atoms with van der Waals surface area (Å²) in [5.41, 5.74) is 25.3. The highest BCUT2D eigenvalue weighted by Crippen LogP contribution is 2.33. The van der Waals surface area contributed by atoms with E-state index in [1.54, 1.807) is 170 Å². The number of halogens is 1. The number of rotatable bonds is 20. The Hall–Kier alpha value is -18.0. The second-order valence-electron chi connectivity index (χ2n) is 29.5. The Morgan fingerprint density at radius 3 is 0.977 bits per heavy atom. The first kappa shape index (κ1) is 85.2. The Labute approximate surface area is 750 Å². The number of nitrogens with one attached hydrogen (secondary N) is 4. The first-order chi connectivity index (χ1) is 63.8. The Balaban J connectivity index is 0.000000122. The molecule has 0 saturated carbocycles. The van der Waals surface area contributed by atoms with Crippen LogP contribution in [0.25, 0.3) is 134 Å². The van der Waals surface area contributed by atoms with E-state index in [2.05, 4.69) is 142 Å². The molecule has 20 aromatic heterocycles. The second-order valence-corrected chi connectivity index (χ2v) is 29.9. The quantitative estimate of drug-likeness (QED) is 0.0442. The molecule has 20 rings (SSSR count). The third-order valence-electron chi connectivity index (χ3n) is 20.1. The smallest absolute Gasteiger partial charge is 0.245 e. The maximum Gasteiger partial charge on any atom is 0.245 e. The zero-order valence-electron chi connectivity index (χ0n) is 70.5. The Kier molecular flexibility index (Phi) is 25.4. The van der Waals surface area contributed by atoms with Crippen molar-refractivity contribution in [2.45, 2.75) is 60.8 Å². The van der Waals surface area contributed by atoms with Crippen LogP contribution in [0.4, 0.5) is 29.2 Å². The number of pyridine rings is 9. The van der Waals surface area contributed by atoms with Crippen LogP contribution in [-0.2, 0) is 45.4 Å². The van der Waals surface area contributed by atoms with Crippen LogP contribution in [0.15, 0.2) is 282 Å². The van der Waals surface area contributed by atoms with Crippen LogP contribution in [0.1, 0.15) is 28.6 Å². The molecule has 6 N–H and O–H groups in total. The molecule has 0 saturated heterocycles. The van der Waals surface area contributed by atoms with Crippen molar-refractivity contribution in [3.05, 3.63) is 316 Å². The van der Waals surface area contributed by atoms with Gasteiger partial charge in [0.1, 0.15) is 77.9 Å². The average molecular weight is 1750 g/mol. The van der Waals surface area contributed by atoms with Crippen molar-refractivity contribution in [2.75, 3.05) is 27.0 Å². The summed E-state index contributed by atoms with van der Waals surface area (Å²) in [7, 11) is 0. The van der Waals surface area contributed by atoms with E-state index in [9.17, 15) is 19.2 Å². The molecular formula is C94H75ClN32O4. The van der Waals surface area contributed by atoms with Crippen molar-refractivity contribution < 1.29 is 19.2 Å². The number of nitrogen functional groups attached to an aromatic ring is 1. The van der Waals surface area contributed by atoms with Gasteiger partial charge in [-0.3, -0.25) is 79.0 Å². The predicted molar refractivity (Wildman–Crippen MR) is 494 cm³/mol. The first-order valence-corrected chi connectivity index (χ1v) is 41.0. The molecule has 0 unspecified atom stereocenters. The summed E-state index contributed by atoms with van der Waals surface area (Å²) in [4.78, 5) is 149. The summed E-state index contributed by atoms with van der Waals surface area (Å²) in [6.45, 7) is 9.89. The fraction of sp³-hybridized carbons (Fsp3) is 0.0957. The van der Waals surface area contributed by atoms with Crippen molar-refractivity contribution >= 4 is 109 Å². The minimum Gasteiger partial charge on any atom is -0.368 e. The maximum absolute atomic E-state index is 12.7. The lowest BCUT2D eigenvalue weighted by Gasteiger charge is -2.09. The summed E-state index contributed by atoms with van der Waals surface area (Å²) in [5, 5.41) is 14.8. The van der Waals surface area contributed by atoms with Crippen LogP contribution in [0, 0.1) is 34.6 Å². The van der Waals surface area contributed by atoms with Gasteiger partial charge in [-0.15, -0.1) is 0 Å². The zero-order valence-corrected chi connectivity index (χ0v) is 71.3. The van der Waals surface area contributed by atoms with Gasteiger partial charge >= 0.3 is 0 Å². The van der Waals surface area contributed by atoms with Gasteiger partial charge in [-0.25, -0.2) is 44.9 Å².